The first-order valence-electron chi connectivity index (χ1n) is 8.53. The molecule has 0 spiro atoms. The predicted octanol–water partition coefficient (Wildman–Crippen LogP) is 3.45. The largest absolute Gasteiger partial charge is 0.354 e. The molecule has 4 rings (SSSR count). The second-order valence-corrected chi connectivity index (χ2v) is 7.38. The van der Waals surface area contributed by atoms with Crippen molar-refractivity contribution < 1.29 is 4.79 Å². The van der Waals surface area contributed by atoms with Crippen molar-refractivity contribution in [2.24, 2.45) is 11.8 Å². The lowest BCUT2D eigenvalue weighted by Crippen LogP contribution is -2.29. The molecule has 5 nitrogen and oxygen atoms in total. The van der Waals surface area contributed by atoms with Gasteiger partial charge in [-0.15, -0.1) is 11.3 Å². The van der Waals surface area contributed by atoms with Gasteiger partial charge in [-0.2, -0.15) is 5.10 Å². The van der Waals surface area contributed by atoms with Crippen LogP contribution in [0.15, 0.2) is 48.1 Å². The lowest BCUT2D eigenvalue weighted by molar-refractivity contribution is -0.122. The summed E-state index contributed by atoms with van der Waals surface area (Å²) in [6.45, 7) is 3.35. The van der Waals surface area contributed by atoms with Crippen LogP contribution in [0.3, 0.4) is 0 Å². The van der Waals surface area contributed by atoms with E-state index in [1.54, 1.807) is 17.5 Å². The molecule has 6 heteroatoms. The summed E-state index contributed by atoms with van der Waals surface area (Å²) in [4.78, 5) is 17.6. The zero-order valence-electron chi connectivity index (χ0n) is 14.1. The van der Waals surface area contributed by atoms with Crippen LogP contribution in [0.1, 0.15) is 13.3 Å². The Morgan fingerprint density at radius 3 is 2.92 bits per heavy atom. The quantitative estimate of drug-likeness (QED) is 0.739. The number of carbonyl (C=O) groups excluding carboxylic acids is 1. The molecular formula is C19H20N4OS. The molecule has 25 heavy (non-hydrogen) atoms. The van der Waals surface area contributed by atoms with Gasteiger partial charge in [0.25, 0.3) is 0 Å². The number of nitrogens with zero attached hydrogens (tertiary/aromatic N) is 3. The van der Waals surface area contributed by atoms with Crippen molar-refractivity contribution in [3.05, 3.63) is 48.1 Å². The summed E-state index contributed by atoms with van der Waals surface area (Å²) < 4.78 is 1.96. The van der Waals surface area contributed by atoms with Crippen LogP contribution in [0, 0.1) is 11.8 Å². The van der Waals surface area contributed by atoms with Gasteiger partial charge < -0.3 is 5.32 Å². The Hall–Kier alpha value is -2.47. The SMILES string of the molecule is C[C@H]1C[C@H]1C(=O)NCCn1ncc(-c2ccccn2)c1-c1cccs1. The van der Waals surface area contributed by atoms with E-state index < -0.39 is 0 Å². The molecule has 2 atom stereocenters. The van der Waals surface area contributed by atoms with Gasteiger partial charge >= 0.3 is 0 Å². The number of pyridine rings is 1. The van der Waals surface area contributed by atoms with Crippen molar-refractivity contribution in [3.63, 3.8) is 0 Å². The summed E-state index contributed by atoms with van der Waals surface area (Å²) >= 11 is 1.68. The number of amides is 1. The van der Waals surface area contributed by atoms with Gasteiger partial charge in [-0.05, 0) is 35.9 Å². The van der Waals surface area contributed by atoms with Crippen LogP contribution in [0.5, 0.6) is 0 Å². The molecule has 0 bridgehead atoms. The van der Waals surface area contributed by atoms with E-state index in [0.717, 1.165) is 28.2 Å². The zero-order chi connectivity index (χ0) is 17.2. The van der Waals surface area contributed by atoms with E-state index >= 15 is 0 Å². The molecule has 0 radical (unpaired) electrons. The van der Waals surface area contributed by atoms with Crippen LogP contribution in [-0.4, -0.2) is 27.2 Å². The first kappa shape index (κ1) is 16.0. The molecule has 1 aliphatic rings. The van der Waals surface area contributed by atoms with Crippen molar-refractivity contribution in [1.82, 2.24) is 20.1 Å². The van der Waals surface area contributed by atoms with Gasteiger partial charge in [0, 0.05) is 24.2 Å². The second-order valence-electron chi connectivity index (χ2n) is 6.43. The van der Waals surface area contributed by atoms with Crippen molar-refractivity contribution in [2.45, 2.75) is 19.9 Å². The number of carbonyl (C=O) groups is 1. The van der Waals surface area contributed by atoms with E-state index in [1.807, 2.05) is 35.1 Å². The molecule has 0 saturated heterocycles. The molecule has 0 aliphatic heterocycles. The zero-order valence-corrected chi connectivity index (χ0v) is 14.9. The average Bonchev–Trinajstić information content (AvgIpc) is 3.04. The Labute approximate surface area is 150 Å². The molecule has 1 saturated carbocycles. The second kappa shape index (κ2) is 6.80. The molecular weight excluding hydrogens is 332 g/mol. The number of rotatable bonds is 6. The molecule has 0 aromatic carbocycles. The molecule has 3 heterocycles. The van der Waals surface area contributed by atoms with Gasteiger partial charge in [-0.1, -0.05) is 19.1 Å². The molecule has 3 aromatic rings. The summed E-state index contributed by atoms with van der Waals surface area (Å²) in [5, 5.41) is 9.65. The Morgan fingerprint density at radius 1 is 1.36 bits per heavy atom. The van der Waals surface area contributed by atoms with Crippen molar-refractivity contribution in [1.29, 1.82) is 0 Å². The van der Waals surface area contributed by atoms with Gasteiger partial charge in [0.2, 0.25) is 5.91 Å². The van der Waals surface area contributed by atoms with E-state index in [-0.39, 0.29) is 11.8 Å². The van der Waals surface area contributed by atoms with E-state index in [1.165, 1.54) is 0 Å². The van der Waals surface area contributed by atoms with Crippen molar-refractivity contribution in [3.8, 4) is 21.8 Å². The molecule has 1 amide bonds. The Kier molecular flexibility index (Phi) is 4.36. The highest BCUT2D eigenvalue weighted by Gasteiger charge is 2.38. The number of hydrogen-bond donors (Lipinski definition) is 1. The molecule has 1 fully saturated rings. The minimum absolute atomic E-state index is 0.169. The number of aromatic nitrogens is 3. The standard InChI is InChI=1S/C19H20N4OS/c1-13-11-14(13)19(24)21-8-9-23-18(17-6-4-10-25-17)15(12-22-23)16-5-2-3-7-20-16/h2-7,10,12-14H,8-9,11H2,1H3,(H,21,24)/t13-,14+/m0/s1. The van der Waals surface area contributed by atoms with Gasteiger partial charge in [0.1, 0.15) is 0 Å². The molecule has 128 valence electrons. The maximum absolute atomic E-state index is 12.0. The fourth-order valence-corrected chi connectivity index (χ4v) is 3.83. The van der Waals surface area contributed by atoms with Crippen molar-refractivity contribution >= 4 is 17.2 Å². The Balaban J connectivity index is 1.55. The highest BCUT2D eigenvalue weighted by molar-refractivity contribution is 7.13. The summed E-state index contributed by atoms with van der Waals surface area (Å²) in [5.74, 6) is 0.905. The van der Waals surface area contributed by atoms with E-state index in [2.05, 4.69) is 33.8 Å². The highest BCUT2D eigenvalue weighted by Crippen LogP contribution is 2.37. The maximum atomic E-state index is 12.0. The first-order valence-corrected chi connectivity index (χ1v) is 9.41. The Morgan fingerprint density at radius 2 is 2.24 bits per heavy atom. The molecule has 1 aliphatic carbocycles. The van der Waals surface area contributed by atoms with Crippen molar-refractivity contribution in [2.75, 3.05) is 6.54 Å². The van der Waals surface area contributed by atoms with Crippen LogP contribution in [0.2, 0.25) is 0 Å². The van der Waals surface area contributed by atoms with Crippen LogP contribution in [-0.2, 0) is 11.3 Å². The van der Waals surface area contributed by atoms with E-state index in [9.17, 15) is 4.79 Å². The van der Waals surface area contributed by atoms with Crippen LogP contribution >= 0.6 is 11.3 Å². The third kappa shape index (κ3) is 3.35. The fraction of sp³-hybridized carbons (Fsp3) is 0.316. The lowest BCUT2D eigenvalue weighted by Gasteiger charge is -2.09. The minimum atomic E-state index is 0.169. The Bertz CT molecular complexity index is 857. The average molecular weight is 352 g/mol. The first-order chi connectivity index (χ1) is 12.2. The summed E-state index contributed by atoms with van der Waals surface area (Å²) in [6.07, 6.45) is 4.67. The van der Waals surface area contributed by atoms with Gasteiger partial charge in [-0.3, -0.25) is 14.5 Å². The third-order valence-electron chi connectivity index (χ3n) is 4.60. The maximum Gasteiger partial charge on any atom is 0.223 e. The number of thiophene rings is 1. The molecule has 3 aromatic heterocycles. The minimum Gasteiger partial charge on any atom is -0.354 e. The van der Waals surface area contributed by atoms with Gasteiger partial charge in [0.05, 0.1) is 29.0 Å². The van der Waals surface area contributed by atoms with Crippen LogP contribution in [0.4, 0.5) is 0 Å². The molecule has 0 unspecified atom stereocenters. The number of nitrogens with one attached hydrogen (secondary N) is 1. The van der Waals surface area contributed by atoms with Crippen LogP contribution in [0.25, 0.3) is 21.8 Å². The summed E-state index contributed by atoms with van der Waals surface area (Å²) in [7, 11) is 0. The van der Waals surface area contributed by atoms with Crippen LogP contribution < -0.4 is 5.32 Å². The van der Waals surface area contributed by atoms with E-state index in [4.69, 9.17) is 0 Å². The number of hydrogen-bond acceptors (Lipinski definition) is 4. The van der Waals surface area contributed by atoms with Gasteiger partial charge in [-0.25, -0.2) is 0 Å². The third-order valence-corrected chi connectivity index (χ3v) is 5.48. The predicted molar refractivity (Wildman–Crippen MR) is 99.1 cm³/mol. The normalized spacial score (nSPS) is 18.9. The highest BCUT2D eigenvalue weighted by atomic mass is 32.1. The van der Waals surface area contributed by atoms with E-state index in [0.29, 0.717) is 19.0 Å². The monoisotopic (exact) mass is 352 g/mol. The smallest absolute Gasteiger partial charge is 0.223 e. The lowest BCUT2D eigenvalue weighted by atomic mass is 10.1. The van der Waals surface area contributed by atoms with Gasteiger partial charge in [0.15, 0.2) is 0 Å². The topological polar surface area (TPSA) is 59.8 Å². The fourth-order valence-electron chi connectivity index (χ4n) is 3.04. The molecule has 1 N–H and O–H groups in total. The summed E-state index contributed by atoms with van der Waals surface area (Å²) in [6, 6.07) is 10.0. The summed E-state index contributed by atoms with van der Waals surface area (Å²) in [5.41, 5.74) is 2.99.